The molecular formula is C20H28N4O. The largest absolute Gasteiger partial charge is 0.337 e. The molecule has 3 rings (SSSR count). The molecule has 2 heterocycles. The molecule has 0 atom stereocenters. The summed E-state index contributed by atoms with van der Waals surface area (Å²) in [5, 5.41) is 7.82. The maximum absolute atomic E-state index is 12.6. The van der Waals surface area contributed by atoms with Gasteiger partial charge in [0, 0.05) is 19.6 Å². The van der Waals surface area contributed by atoms with Crippen molar-refractivity contribution < 1.29 is 4.79 Å². The number of rotatable bonds is 5. The van der Waals surface area contributed by atoms with E-state index in [4.69, 9.17) is 0 Å². The number of nitrogens with zero attached hydrogens (tertiary/aromatic N) is 4. The van der Waals surface area contributed by atoms with Gasteiger partial charge in [0.05, 0.1) is 6.20 Å². The summed E-state index contributed by atoms with van der Waals surface area (Å²) in [4.78, 5) is 14.6. The summed E-state index contributed by atoms with van der Waals surface area (Å²) in [7, 11) is 0. The molecule has 134 valence electrons. The van der Waals surface area contributed by atoms with E-state index in [0.717, 1.165) is 32.4 Å². The van der Waals surface area contributed by atoms with Crippen molar-refractivity contribution >= 4 is 5.91 Å². The van der Waals surface area contributed by atoms with Gasteiger partial charge in [0.2, 0.25) is 0 Å². The Balaban J connectivity index is 1.54. The molecule has 5 nitrogen and oxygen atoms in total. The van der Waals surface area contributed by atoms with Crippen LogP contribution in [0.3, 0.4) is 0 Å². The van der Waals surface area contributed by atoms with E-state index in [1.807, 2.05) is 11.8 Å². The molecule has 5 heteroatoms. The predicted molar refractivity (Wildman–Crippen MR) is 98.6 cm³/mol. The lowest BCUT2D eigenvalue weighted by atomic mass is 9.89. The maximum atomic E-state index is 12.6. The lowest BCUT2D eigenvalue weighted by molar-refractivity contribution is 0.0678. The van der Waals surface area contributed by atoms with E-state index < -0.39 is 0 Å². The lowest BCUT2D eigenvalue weighted by Gasteiger charge is -2.32. The molecule has 0 N–H and O–H groups in total. The summed E-state index contributed by atoms with van der Waals surface area (Å²) in [6.45, 7) is 8.74. The van der Waals surface area contributed by atoms with Crippen molar-refractivity contribution in [2.75, 3.05) is 13.1 Å². The molecule has 0 unspecified atom stereocenters. The molecule has 0 spiro atoms. The van der Waals surface area contributed by atoms with Gasteiger partial charge in [0.25, 0.3) is 5.91 Å². The van der Waals surface area contributed by atoms with Crippen LogP contribution >= 0.6 is 0 Å². The van der Waals surface area contributed by atoms with Crippen LogP contribution in [0.25, 0.3) is 0 Å². The molecule has 1 amide bonds. The van der Waals surface area contributed by atoms with Gasteiger partial charge >= 0.3 is 0 Å². The highest BCUT2D eigenvalue weighted by Crippen LogP contribution is 2.24. The molecule has 1 aliphatic rings. The molecule has 1 aliphatic heterocycles. The fourth-order valence-electron chi connectivity index (χ4n) is 3.53. The van der Waals surface area contributed by atoms with Gasteiger partial charge in [0.1, 0.15) is 5.69 Å². The molecule has 1 saturated heterocycles. The Morgan fingerprint density at radius 1 is 1.20 bits per heavy atom. The SMILES string of the molecule is CCn1nncc1C(=O)N1CCC(Cc2ccc(C(C)C)cc2)CC1. The minimum atomic E-state index is 0.0617. The number of hydrogen-bond donors (Lipinski definition) is 0. The van der Waals surface area contributed by atoms with Crippen LogP contribution in [0, 0.1) is 5.92 Å². The Kier molecular flexibility index (Phi) is 5.51. The first-order valence-corrected chi connectivity index (χ1v) is 9.35. The van der Waals surface area contributed by atoms with Gasteiger partial charge in [-0.3, -0.25) is 4.79 Å². The van der Waals surface area contributed by atoms with E-state index in [0.29, 0.717) is 24.1 Å². The van der Waals surface area contributed by atoms with E-state index in [1.54, 1.807) is 10.9 Å². The van der Waals surface area contributed by atoms with Crippen LogP contribution in [0.4, 0.5) is 0 Å². The second kappa shape index (κ2) is 7.81. The van der Waals surface area contributed by atoms with Gasteiger partial charge < -0.3 is 4.90 Å². The Labute approximate surface area is 150 Å². The predicted octanol–water partition coefficient (Wildman–Crippen LogP) is 3.52. The highest BCUT2D eigenvalue weighted by atomic mass is 16.2. The van der Waals surface area contributed by atoms with Gasteiger partial charge in [-0.2, -0.15) is 0 Å². The van der Waals surface area contributed by atoms with Crippen molar-refractivity contribution in [3.05, 3.63) is 47.3 Å². The van der Waals surface area contributed by atoms with Crippen LogP contribution in [-0.2, 0) is 13.0 Å². The number of likely N-dealkylation sites (tertiary alicyclic amines) is 1. The Morgan fingerprint density at radius 2 is 1.88 bits per heavy atom. The first-order valence-electron chi connectivity index (χ1n) is 9.35. The van der Waals surface area contributed by atoms with Crippen molar-refractivity contribution in [3.8, 4) is 0 Å². The van der Waals surface area contributed by atoms with Gasteiger partial charge in [-0.15, -0.1) is 5.10 Å². The van der Waals surface area contributed by atoms with E-state index in [9.17, 15) is 4.79 Å². The molecule has 25 heavy (non-hydrogen) atoms. The van der Waals surface area contributed by atoms with Gasteiger partial charge in [-0.25, -0.2) is 4.68 Å². The summed E-state index contributed by atoms with van der Waals surface area (Å²) in [5.41, 5.74) is 3.40. The number of carbonyl (C=O) groups is 1. The van der Waals surface area contributed by atoms with E-state index in [1.165, 1.54) is 11.1 Å². The first kappa shape index (κ1) is 17.6. The fraction of sp³-hybridized carbons (Fsp3) is 0.550. The lowest BCUT2D eigenvalue weighted by Crippen LogP contribution is -2.39. The molecule has 0 bridgehead atoms. The molecule has 2 aromatic rings. The Bertz CT molecular complexity index is 697. The van der Waals surface area contributed by atoms with E-state index in [-0.39, 0.29) is 5.91 Å². The molecule has 1 aromatic heterocycles. The molecular weight excluding hydrogens is 312 g/mol. The molecule has 0 aliphatic carbocycles. The van der Waals surface area contributed by atoms with Gasteiger partial charge in [0.15, 0.2) is 0 Å². The molecule has 1 aromatic carbocycles. The maximum Gasteiger partial charge on any atom is 0.273 e. The van der Waals surface area contributed by atoms with Crippen LogP contribution in [0.1, 0.15) is 61.1 Å². The number of hydrogen-bond acceptors (Lipinski definition) is 3. The van der Waals surface area contributed by atoms with E-state index >= 15 is 0 Å². The number of carbonyl (C=O) groups excluding carboxylic acids is 1. The third-order valence-corrected chi connectivity index (χ3v) is 5.21. The van der Waals surface area contributed by atoms with Gasteiger partial charge in [-0.05, 0) is 49.1 Å². The van der Waals surface area contributed by atoms with Crippen molar-refractivity contribution in [2.24, 2.45) is 5.92 Å². The summed E-state index contributed by atoms with van der Waals surface area (Å²) >= 11 is 0. The summed E-state index contributed by atoms with van der Waals surface area (Å²) in [6.07, 6.45) is 4.81. The molecule has 0 saturated carbocycles. The smallest absolute Gasteiger partial charge is 0.273 e. The number of benzene rings is 1. The average Bonchev–Trinajstić information content (AvgIpc) is 3.11. The van der Waals surface area contributed by atoms with Crippen molar-refractivity contribution in [3.63, 3.8) is 0 Å². The van der Waals surface area contributed by atoms with Crippen molar-refractivity contribution in [2.45, 2.75) is 52.5 Å². The first-order chi connectivity index (χ1) is 12.1. The quantitative estimate of drug-likeness (QED) is 0.837. The zero-order valence-electron chi connectivity index (χ0n) is 15.5. The Morgan fingerprint density at radius 3 is 2.48 bits per heavy atom. The second-order valence-corrected chi connectivity index (χ2v) is 7.27. The number of piperidine rings is 1. The Hall–Kier alpha value is -2.17. The normalized spacial score (nSPS) is 15.8. The summed E-state index contributed by atoms with van der Waals surface area (Å²) < 4.78 is 1.67. The fourth-order valence-corrected chi connectivity index (χ4v) is 3.53. The van der Waals surface area contributed by atoms with Crippen LogP contribution in [0.2, 0.25) is 0 Å². The monoisotopic (exact) mass is 340 g/mol. The van der Waals surface area contributed by atoms with E-state index in [2.05, 4.69) is 48.4 Å². The molecule has 0 radical (unpaired) electrons. The highest BCUT2D eigenvalue weighted by molar-refractivity contribution is 5.92. The van der Waals surface area contributed by atoms with Gasteiger partial charge in [-0.1, -0.05) is 43.3 Å². The standard InChI is InChI=1S/C20H28N4O/c1-4-24-19(14-21-22-24)20(25)23-11-9-17(10-12-23)13-16-5-7-18(8-6-16)15(2)3/h5-8,14-15,17H,4,9-13H2,1-3H3. The van der Waals surface area contributed by atoms with Crippen molar-refractivity contribution in [1.29, 1.82) is 0 Å². The van der Waals surface area contributed by atoms with Crippen LogP contribution in [0.5, 0.6) is 0 Å². The minimum absolute atomic E-state index is 0.0617. The number of aromatic nitrogens is 3. The zero-order valence-corrected chi connectivity index (χ0v) is 15.5. The topological polar surface area (TPSA) is 51.0 Å². The summed E-state index contributed by atoms with van der Waals surface area (Å²) in [5.74, 6) is 1.30. The second-order valence-electron chi connectivity index (χ2n) is 7.27. The highest BCUT2D eigenvalue weighted by Gasteiger charge is 2.25. The zero-order chi connectivity index (χ0) is 17.8. The third kappa shape index (κ3) is 4.09. The van der Waals surface area contributed by atoms with Crippen LogP contribution in [0.15, 0.2) is 30.5 Å². The summed E-state index contributed by atoms with van der Waals surface area (Å²) in [6, 6.07) is 9.02. The number of amides is 1. The number of aryl methyl sites for hydroxylation is 1. The van der Waals surface area contributed by atoms with Crippen LogP contribution in [-0.4, -0.2) is 38.9 Å². The molecule has 1 fully saturated rings. The minimum Gasteiger partial charge on any atom is -0.337 e. The average molecular weight is 340 g/mol. The van der Waals surface area contributed by atoms with Crippen LogP contribution < -0.4 is 0 Å². The third-order valence-electron chi connectivity index (χ3n) is 5.21. The van der Waals surface area contributed by atoms with Crippen molar-refractivity contribution in [1.82, 2.24) is 19.9 Å².